The summed E-state index contributed by atoms with van der Waals surface area (Å²) in [5.74, 6) is -0.382. The number of hydrogen-bond donors (Lipinski definition) is 2. The summed E-state index contributed by atoms with van der Waals surface area (Å²) in [4.78, 5) is 11.6. The first kappa shape index (κ1) is 17.7. The third kappa shape index (κ3) is 4.33. The van der Waals surface area contributed by atoms with Gasteiger partial charge in [0.15, 0.2) is 0 Å². The van der Waals surface area contributed by atoms with Gasteiger partial charge in [0, 0.05) is 18.8 Å². The molecule has 0 saturated heterocycles. The van der Waals surface area contributed by atoms with E-state index in [0.717, 1.165) is 4.31 Å². The van der Waals surface area contributed by atoms with Crippen molar-refractivity contribution in [1.82, 2.24) is 9.62 Å². The highest BCUT2D eigenvalue weighted by Gasteiger charge is 2.26. The monoisotopic (exact) mass is 333 g/mol. The first-order valence-electron chi connectivity index (χ1n) is 6.37. The third-order valence-corrected chi connectivity index (χ3v) is 5.09. The Morgan fingerprint density at radius 2 is 2.00 bits per heavy atom. The van der Waals surface area contributed by atoms with Crippen molar-refractivity contribution in [2.45, 2.75) is 31.7 Å². The average Bonchev–Trinajstić information content (AvgIpc) is 2.32. The second kappa shape index (κ2) is 6.64. The first-order chi connectivity index (χ1) is 9.55. The van der Waals surface area contributed by atoms with E-state index in [1.54, 1.807) is 20.8 Å². The summed E-state index contributed by atoms with van der Waals surface area (Å²) in [5, 5.41) is 2.71. The van der Waals surface area contributed by atoms with Gasteiger partial charge < -0.3 is 11.1 Å². The number of carbonyl (C=O) groups excluding carboxylic acids is 1. The van der Waals surface area contributed by atoms with Gasteiger partial charge in [-0.2, -0.15) is 4.31 Å². The summed E-state index contributed by atoms with van der Waals surface area (Å²) >= 11 is 5.99. The molecule has 1 aromatic rings. The highest BCUT2D eigenvalue weighted by Crippen LogP contribution is 2.28. The highest BCUT2D eigenvalue weighted by molar-refractivity contribution is 7.89. The number of benzene rings is 1. The summed E-state index contributed by atoms with van der Waals surface area (Å²) < 4.78 is 25.8. The Hall–Kier alpha value is -1.31. The largest absolute Gasteiger partial charge is 0.398 e. The smallest absolute Gasteiger partial charge is 0.244 e. The van der Waals surface area contributed by atoms with Crippen molar-refractivity contribution in [3.63, 3.8) is 0 Å². The van der Waals surface area contributed by atoms with Crippen molar-refractivity contribution < 1.29 is 13.2 Å². The zero-order valence-corrected chi connectivity index (χ0v) is 14.0. The fourth-order valence-electron chi connectivity index (χ4n) is 1.69. The highest BCUT2D eigenvalue weighted by atomic mass is 35.5. The second-order valence-electron chi connectivity index (χ2n) is 5.12. The Morgan fingerprint density at radius 3 is 2.52 bits per heavy atom. The molecule has 0 bridgehead atoms. The van der Waals surface area contributed by atoms with Crippen LogP contribution >= 0.6 is 11.6 Å². The standard InChI is InChI=1S/C13H20ClN3O3S/c1-8(2)16-13(18)7-17(4)21(19,20)12-6-11(15)9(3)5-10(12)14/h5-6,8H,7,15H2,1-4H3,(H,16,18). The van der Waals surface area contributed by atoms with Crippen molar-refractivity contribution in [3.8, 4) is 0 Å². The number of nitrogens with two attached hydrogens (primary N) is 1. The number of rotatable bonds is 5. The van der Waals surface area contributed by atoms with Crippen LogP contribution in [0.15, 0.2) is 17.0 Å². The molecule has 3 N–H and O–H groups in total. The molecule has 1 amide bonds. The Morgan fingerprint density at radius 1 is 1.43 bits per heavy atom. The molecule has 0 aromatic heterocycles. The molecule has 0 fully saturated rings. The van der Waals surface area contributed by atoms with E-state index in [-0.39, 0.29) is 28.4 Å². The maximum atomic E-state index is 12.4. The molecule has 1 aromatic carbocycles. The minimum Gasteiger partial charge on any atom is -0.398 e. The number of likely N-dealkylation sites (N-methyl/N-ethyl adjacent to an activating group) is 1. The van der Waals surface area contributed by atoms with Crippen LogP contribution in [0.25, 0.3) is 0 Å². The topological polar surface area (TPSA) is 92.5 Å². The lowest BCUT2D eigenvalue weighted by atomic mass is 10.2. The van der Waals surface area contributed by atoms with Crippen LogP contribution in [-0.4, -0.2) is 38.3 Å². The molecule has 0 aliphatic carbocycles. The molecule has 8 heteroatoms. The first-order valence-corrected chi connectivity index (χ1v) is 8.18. The lowest BCUT2D eigenvalue weighted by molar-refractivity contribution is -0.121. The minimum absolute atomic E-state index is 0.0628. The number of anilines is 1. The normalized spacial score (nSPS) is 12.0. The molecule has 0 aliphatic heterocycles. The van der Waals surface area contributed by atoms with E-state index in [9.17, 15) is 13.2 Å². The quantitative estimate of drug-likeness (QED) is 0.796. The number of halogens is 1. The van der Waals surface area contributed by atoms with Crippen LogP contribution in [0, 0.1) is 6.92 Å². The number of hydrogen-bond acceptors (Lipinski definition) is 4. The van der Waals surface area contributed by atoms with Crippen molar-refractivity contribution in [2.75, 3.05) is 19.3 Å². The predicted octanol–water partition coefficient (Wildman–Crippen LogP) is 1.38. The fourth-order valence-corrected chi connectivity index (χ4v) is 3.40. The number of amides is 1. The Bertz CT molecular complexity index is 644. The lowest BCUT2D eigenvalue weighted by Crippen LogP contribution is -2.40. The SMILES string of the molecule is Cc1cc(Cl)c(S(=O)(=O)N(C)CC(=O)NC(C)C)cc1N. The molecule has 0 spiro atoms. The maximum Gasteiger partial charge on any atom is 0.244 e. The number of carbonyl (C=O) groups is 1. The van der Waals surface area contributed by atoms with Gasteiger partial charge in [0.25, 0.3) is 0 Å². The molecular formula is C13H20ClN3O3S. The van der Waals surface area contributed by atoms with E-state index >= 15 is 0 Å². The molecule has 118 valence electrons. The maximum absolute atomic E-state index is 12.4. The predicted molar refractivity (Wildman–Crippen MR) is 83.7 cm³/mol. The molecule has 1 rings (SSSR count). The van der Waals surface area contributed by atoms with Crippen LogP contribution in [0.5, 0.6) is 0 Å². The van der Waals surface area contributed by atoms with E-state index in [0.29, 0.717) is 11.3 Å². The molecule has 6 nitrogen and oxygen atoms in total. The molecule has 0 heterocycles. The summed E-state index contributed by atoms with van der Waals surface area (Å²) in [6.45, 7) is 5.04. The van der Waals surface area contributed by atoms with Gasteiger partial charge in [0.2, 0.25) is 15.9 Å². The van der Waals surface area contributed by atoms with E-state index in [1.165, 1.54) is 19.2 Å². The van der Waals surface area contributed by atoms with Gasteiger partial charge in [0.1, 0.15) is 4.90 Å². The summed E-state index contributed by atoms with van der Waals surface area (Å²) in [7, 11) is -2.56. The number of nitrogens with one attached hydrogen (secondary N) is 1. The van der Waals surface area contributed by atoms with Gasteiger partial charge in [-0.15, -0.1) is 0 Å². The Kier molecular flexibility index (Phi) is 5.61. The fraction of sp³-hybridized carbons (Fsp3) is 0.462. The second-order valence-corrected chi connectivity index (χ2v) is 7.54. The van der Waals surface area contributed by atoms with E-state index in [1.807, 2.05) is 0 Å². The van der Waals surface area contributed by atoms with E-state index in [2.05, 4.69) is 5.32 Å². The van der Waals surface area contributed by atoms with E-state index in [4.69, 9.17) is 17.3 Å². The van der Waals surface area contributed by atoms with Crippen LogP contribution in [0.4, 0.5) is 5.69 Å². The van der Waals surface area contributed by atoms with Gasteiger partial charge >= 0.3 is 0 Å². The number of aryl methyl sites for hydroxylation is 1. The van der Waals surface area contributed by atoms with Crippen molar-refractivity contribution >= 4 is 33.2 Å². The van der Waals surface area contributed by atoms with Crippen LogP contribution in [0.1, 0.15) is 19.4 Å². The Labute approximate surface area is 130 Å². The third-order valence-electron chi connectivity index (χ3n) is 2.82. The molecule has 0 radical (unpaired) electrons. The van der Waals surface area contributed by atoms with Crippen LogP contribution < -0.4 is 11.1 Å². The number of nitrogen functional groups attached to an aromatic ring is 1. The zero-order chi connectivity index (χ0) is 16.4. The molecule has 0 unspecified atom stereocenters. The van der Waals surface area contributed by atoms with Crippen molar-refractivity contribution in [3.05, 3.63) is 22.7 Å². The van der Waals surface area contributed by atoms with Crippen molar-refractivity contribution in [1.29, 1.82) is 0 Å². The van der Waals surface area contributed by atoms with Gasteiger partial charge in [-0.3, -0.25) is 4.79 Å². The molecular weight excluding hydrogens is 314 g/mol. The van der Waals surface area contributed by atoms with Gasteiger partial charge in [-0.1, -0.05) is 11.6 Å². The van der Waals surface area contributed by atoms with E-state index < -0.39 is 10.0 Å². The average molecular weight is 334 g/mol. The van der Waals surface area contributed by atoms with Crippen molar-refractivity contribution in [2.24, 2.45) is 0 Å². The zero-order valence-electron chi connectivity index (χ0n) is 12.5. The summed E-state index contributed by atoms with van der Waals surface area (Å²) in [6.07, 6.45) is 0. The van der Waals surface area contributed by atoms with Gasteiger partial charge in [-0.05, 0) is 38.5 Å². The molecule has 0 aliphatic rings. The van der Waals surface area contributed by atoms with Crippen LogP contribution in [0.3, 0.4) is 0 Å². The van der Waals surface area contributed by atoms with Crippen LogP contribution in [-0.2, 0) is 14.8 Å². The number of sulfonamides is 1. The van der Waals surface area contributed by atoms with Crippen LogP contribution in [0.2, 0.25) is 5.02 Å². The van der Waals surface area contributed by atoms with Gasteiger partial charge in [0.05, 0.1) is 11.6 Å². The molecule has 0 atom stereocenters. The molecule has 0 saturated carbocycles. The Balaban J connectivity index is 3.06. The number of nitrogens with zero attached hydrogens (tertiary/aromatic N) is 1. The lowest BCUT2D eigenvalue weighted by Gasteiger charge is -2.19. The summed E-state index contributed by atoms with van der Waals surface area (Å²) in [5.41, 5.74) is 6.76. The minimum atomic E-state index is -3.88. The van der Waals surface area contributed by atoms with Gasteiger partial charge in [-0.25, -0.2) is 8.42 Å². The summed E-state index contributed by atoms with van der Waals surface area (Å²) in [6, 6.07) is 2.74. The molecule has 21 heavy (non-hydrogen) atoms.